The maximum absolute atomic E-state index is 10.6. The Labute approximate surface area is 92.4 Å². The summed E-state index contributed by atoms with van der Waals surface area (Å²) in [6, 6.07) is 5.66. The van der Waals surface area contributed by atoms with Gasteiger partial charge in [-0.05, 0) is 13.0 Å². The van der Waals surface area contributed by atoms with Crippen LogP contribution in [0.5, 0.6) is 5.75 Å². The lowest BCUT2D eigenvalue weighted by Crippen LogP contribution is -2.08. The van der Waals surface area contributed by atoms with Crippen LogP contribution in [0.4, 0.5) is 5.69 Å². The largest absolute Gasteiger partial charge is 0.478 e. The van der Waals surface area contributed by atoms with Crippen molar-refractivity contribution in [2.75, 3.05) is 0 Å². The van der Waals surface area contributed by atoms with E-state index < -0.39 is 11.0 Å². The summed E-state index contributed by atoms with van der Waals surface area (Å²) in [4.78, 5) is 9.93. The van der Waals surface area contributed by atoms with E-state index in [0.717, 1.165) is 0 Å². The van der Waals surface area contributed by atoms with Gasteiger partial charge in [0, 0.05) is 12.1 Å². The molecule has 0 heterocycles. The lowest BCUT2D eigenvalue weighted by molar-refractivity contribution is -0.385. The molecule has 0 aliphatic carbocycles. The average Bonchev–Trinajstić information content (AvgIpc) is 2.28. The van der Waals surface area contributed by atoms with Crippen LogP contribution in [0.15, 0.2) is 18.2 Å². The first-order chi connectivity index (χ1) is 7.58. The van der Waals surface area contributed by atoms with Gasteiger partial charge in [-0.15, -0.1) is 6.42 Å². The van der Waals surface area contributed by atoms with Crippen molar-refractivity contribution in [2.24, 2.45) is 0 Å². The van der Waals surface area contributed by atoms with Crippen LogP contribution in [-0.4, -0.2) is 11.0 Å². The molecule has 0 saturated carbocycles. The Bertz CT molecular complexity index is 497. The van der Waals surface area contributed by atoms with Crippen LogP contribution in [0.3, 0.4) is 0 Å². The highest BCUT2D eigenvalue weighted by molar-refractivity contribution is 5.52. The first-order valence-corrected chi connectivity index (χ1v) is 4.39. The third kappa shape index (κ3) is 2.49. The van der Waals surface area contributed by atoms with Crippen LogP contribution in [0.25, 0.3) is 0 Å². The fourth-order valence-corrected chi connectivity index (χ4v) is 1.08. The number of nitro groups is 1. The van der Waals surface area contributed by atoms with Crippen molar-refractivity contribution >= 4 is 5.69 Å². The summed E-state index contributed by atoms with van der Waals surface area (Å²) >= 11 is 0. The molecular weight excluding hydrogens is 208 g/mol. The lowest BCUT2D eigenvalue weighted by Gasteiger charge is -2.08. The van der Waals surface area contributed by atoms with Crippen molar-refractivity contribution in [1.29, 1.82) is 5.26 Å². The summed E-state index contributed by atoms with van der Waals surface area (Å²) in [6.45, 7) is 1.66. The van der Waals surface area contributed by atoms with E-state index in [1.165, 1.54) is 18.2 Å². The molecule has 0 amide bonds. The van der Waals surface area contributed by atoms with Crippen molar-refractivity contribution in [3.63, 3.8) is 0 Å². The van der Waals surface area contributed by atoms with E-state index in [2.05, 4.69) is 5.92 Å². The summed E-state index contributed by atoms with van der Waals surface area (Å²) in [5.41, 5.74) is -0.296. The van der Waals surface area contributed by atoms with Crippen LogP contribution >= 0.6 is 0 Å². The molecule has 1 aromatic carbocycles. The molecule has 0 radical (unpaired) electrons. The second-order valence-electron chi connectivity index (χ2n) is 2.97. The van der Waals surface area contributed by atoms with Crippen LogP contribution in [0.1, 0.15) is 12.5 Å². The van der Waals surface area contributed by atoms with E-state index in [9.17, 15) is 10.1 Å². The van der Waals surface area contributed by atoms with E-state index in [1.54, 1.807) is 13.0 Å². The third-order valence-electron chi connectivity index (χ3n) is 1.83. The highest BCUT2D eigenvalue weighted by atomic mass is 16.6. The molecule has 0 aromatic heterocycles. The normalized spacial score (nSPS) is 10.9. The van der Waals surface area contributed by atoms with Gasteiger partial charge in [0.2, 0.25) is 0 Å². The number of nitro benzene ring substituents is 1. The topological polar surface area (TPSA) is 76.2 Å². The Balaban J connectivity index is 3.07. The number of nitriles is 1. The number of terminal acetylenes is 1. The number of hydrogen-bond donors (Lipinski definition) is 0. The van der Waals surface area contributed by atoms with E-state index in [4.69, 9.17) is 16.4 Å². The van der Waals surface area contributed by atoms with Gasteiger partial charge in [-0.1, -0.05) is 5.92 Å². The van der Waals surface area contributed by atoms with Gasteiger partial charge in [-0.25, -0.2) is 0 Å². The minimum absolute atomic E-state index is 0.0493. The zero-order valence-corrected chi connectivity index (χ0v) is 8.51. The Morgan fingerprint density at radius 3 is 2.81 bits per heavy atom. The fraction of sp³-hybridized carbons (Fsp3) is 0.182. The van der Waals surface area contributed by atoms with Crippen LogP contribution < -0.4 is 4.74 Å². The Kier molecular flexibility index (Phi) is 3.47. The molecule has 1 unspecified atom stereocenters. The van der Waals surface area contributed by atoms with Gasteiger partial charge >= 0.3 is 0 Å². The number of rotatable bonds is 3. The molecule has 0 fully saturated rings. The fourth-order valence-electron chi connectivity index (χ4n) is 1.08. The molecule has 5 heteroatoms. The van der Waals surface area contributed by atoms with E-state index in [-0.39, 0.29) is 11.3 Å². The van der Waals surface area contributed by atoms with E-state index in [0.29, 0.717) is 5.75 Å². The molecule has 0 aliphatic heterocycles. The van der Waals surface area contributed by atoms with Crippen LogP contribution in [0.2, 0.25) is 0 Å². The van der Waals surface area contributed by atoms with E-state index >= 15 is 0 Å². The molecule has 0 N–H and O–H groups in total. The molecular formula is C11H8N2O3. The van der Waals surface area contributed by atoms with Crippen LogP contribution in [0, 0.1) is 33.8 Å². The SMILES string of the molecule is C#CC(C)Oc1ccc([N+](=O)[O-])c(C#N)c1. The lowest BCUT2D eigenvalue weighted by atomic mass is 10.2. The smallest absolute Gasteiger partial charge is 0.287 e. The molecule has 1 aromatic rings. The maximum Gasteiger partial charge on any atom is 0.287 e. The van der Waals surface area contributed by atoms with Crippen molar-refractivity contribution in [3.05, 3.63) is 33.9 Å². The van der Waals surface area contributed by atoms with Crippen molar-refractivity contribution in [3.8, 4) is 24.2 Å². The zero-order valence-electron chi connectivity index (χ0n) is 8.51. The van der Waals surface area contributed by atoms with Gasteiger partial charge in [-0.3, -0.25) is 10.1 Å². The molecule has 80 valence electrons. The Morgan fingerprint density at radius 1 is 1.62 bits per heavy atom. The standard InChI is InChI=1S/C11H8N2O3/c1-3-8(2)16-10-4-5-11(13(14)15)9(6-10)7-12/h1,4-6,8H,2H3. The number of nitrogens with zero attached hydrogens (tertiary/aromatic N) is 2. The van der Waals surface area contributed by atoms with Gasteiger partial charge in [0.25, 0.3) is 5.69 Å². The maximum atomic E-state index is 10.6. The second kappa shape index (κ2) is 4.81. The van der Waals surface area contributed by atoms with Crippen molar-refractivity contribution in [1.82, 2.24) is 0 Å². The summed E-state index contributed by atoms with van der Waals surface area (Å²) in [6.07, 6.45) is 4.67. The highest BCUT2D eigenvalue weighted by Gasteiger charge is 2.14. The summed E-state index contributed by atoms with van der Waals surface area (Å²) < 4.78 is 5.23. The Morgan fingerprint density at radius 2 is 2.31 bits per heavy atom. The predicted molar refractivity (Wildman–Crippen MR) is 56.7 cm³/mol. The number of ether oxygens (including phenoxy) is 1. The van der Waals surface area contributed by atoms with Gasteiger partial charge in [0.15, 0.2) is 6.10 Å². The molecule has 0 saturated heterocycles. The zero-order chi connectivity index (χ0) is 12.1. The van der Waals surface area contributed by atoms with Crippen molar-refractivity contribution < 1.29 is 9.66 Å². The second-order valence-corrected chi connectivity index (χ2v) is 2.97. The minimum atomic E-state index is -0.618. The van der Waals surface area contributed by atoms with Gasteiger partial charge < -0.3 is 4.74 Å². The minimum Gasteiger partial charge on any atom is -0.478 e. The van der Waals surface area contributed by atoms with Crippen molar-refractivity contribution in [2.45, 2.75) is 13.0 Å². The Hall–Kier alpha value is -2.53. The molecule has 0 spiro atoms. The summed E-state index contributed by atoms with van der Waals surface area (Å²) in [5.74, 6) is 2.69. The molecule has 0 aliphatic rings. The van der Waals surface area contributed by atoms with E-state index in [1.807, 2.05) is 0 Å². The van der Waals surface area contributed by atoms with Gasteiger partial charge in [0.1, 0.15) is 17.4 Å². The molecule has 0 bridgehead atoms. The summed E-state index contributed by atoms with van der Waals surface area (Å²) in [7, 11) is 0. The molecule has 1 atom stereocenters. The average molecular weight is 216 g/mol. The third-order valence-corrected chi connectivity index (χ3v) is 1.83. The molecule has 5 nitrogen and oxygen atoms in total. The first kappa shape index (κ1) is 11.5. The molecule has 16 heavy (non-hydrogen) atoms. The van der Waals surface area contributed by atoms with Gasteiger partial charge in [-0.2, -0.15) is 5.26 Å². The molecule has 1 rings (SSSR count). The predicted octanol–water partition coefficient (Wildman–Crippen LogP) is 1.87. The van der Waals surface area contributed by atoms with Gasteiger partial charge in [0.05, 0.1) is 4.92 Å². The summed E-state index contributed by atoms with van der Waals surface area (Å²) in [5, 5.41) is 19.3. The van der Waals surface area contributed by atoms with Crippen LogP contribution in [-0.2, 0) is 0 Å². The highest BCUT2D eigenvalue weighted by Crippen LogP contribution is 2.23. The monoisotopic (exact) mass is 216 g/mol. The number of hydrogen-bond acceptors (Lipinski definition) is 4. The number of benzene rings is 1. The quantitative estimate of drug-likeness (QED) is 0.439. The first-order valence-electron chi connectivity index (χ1n) is 4.39.